The summed E-state index contributed by atoms with van der Waals surface area (Å²) < 4.78 is 5.19. The predicted molar refractivity (Wildman–Crippen MR) is 74.0 cm³/mol. The minimum absolute atomic E-state index is 0.487. The van der Waals surface area contributed by atoms with Gasteiger partial charge in [-0.25, -0.2) is 9.69 Å². The van der Waals surface area contributed by atoms with Crippen LogP contribution in [0.3, 0.4) is 0 Å². The van der Waals surface area contributed by atoms with Crippen LogP contribution in [0.2, 0.25) is 0 Å². The largest absolute Gasteiger partial charge is 0.443 e. The molecule has 0 saturated carbocycles. The summed E-state index contributed by atoms with van der Waals surface area (Å²) in [5, 5.41) is 20.3. The number of aliphatic hydroxyl groups excluding tert-OH is 2. The summed E-state index contributed by atoms with van der Waals surface area (Å²) in [6.07, 6.45) is 1.87. The van der Waals surface area contributed by atoms with Crippen molar-refractivity contribution in [3.05, 3.63) is 12.7 Å². The number of aliphatic hydroxyl groups is 2. The SMILES string of the molecule is C=CC(=O)OC(CC)N(C(O)CCC)C(O)CCC. The molecule has 0 saturated heterocycles. The first-order valence-electron chi connectivity index (χ1n) is 6.98. The summed E-state index contributed by atoms with van der Waals surface area (Å²) in [6, 6.07) is 0. The molecule has 5 heteroatoms. The van der Waals surface area contributed by atoms with E-state index in [1.807, 2.05) is 20.8 Å². The van der Waals surface area contributed by atoms with Crippen LogP contribution in [0.15, 0.2) is 12.7 Å². The quantitative estimate of drug-likeness (QED) is 0.362. The van der Waals surface area contributed by atoms with Crippen molar-refractivity contribution in [3.8, 4) is 0 Å². The zero-order valence-corrected chi connectivity index (χ0v) is 12.2. The fourth-order valence-electron chi connectivity index (χ4n) is 1.93. The van der Waals surface area contributed by atoms with E-state index in [4.69, 9.17) is 4.74 Å². The normalized spacial score (nSPS) is 15.9. The Bertz CT molecular complexity index is 258. The standard InChI is InChI=1S/C14H27NO4/c1-5-9-11(16)15(12(17)10-6-2)13(7-3)19-14(18)8-4/h8,11-13,16-17H,4-7,9-10H2,1-3H3. The lowest BCUT2D eigenvalue weighted by atomic mass is 10.2. The second kappa shape index (κ2) is 9.95. The average Bonchev–Trinajstić information content (AvgIpc) is 2.38. The molecule has 112 valence electrons. The van der Waals surface area contributed by atoms with E-state index in [9.17, 15) is 15.0 Å². The maximum Gasteiger partial charge on any atom is 0.331 e. The third-order valence-electron chi connectivity index (χ3n) is 2.88. The Morgan fingerprint density at radius 3 is 2.00 bits per heavy atom. The third kappa shape index (κ3) is 6.18. The molecule has 0 amide bonds. The number of esters is 1. The van der Waals surface area contributed by atoms with Crippen LogP contribution in [0.5, 0.6) is 0 Å². The minimum atomic E-state index is -0.825. The van der Waals surface area contributed by atoms with Gasteiger partial charge < -0.3 is 14.9 Å². The van der Waals surface area contributed by atoms with E-state index in [0.717, 1.165) is 18.9 Å². The zero-order valence-electron chi connectivity index (χ0n) is 12.2. The Kier molecular flexibility index (Phi) is 9.47. The van der Waals surface area contributed by atoms with Crippen molar-refractivity contribution in [2.45, 2.75) is 71.6 Å². The van der Waals surface area contributed by atoms with E-state index >= 15 is 0 Å². The fourth-order valence-corrected chi connectivity index (χ4v) is 1.93. The van der Waals surface area contributed by atoms with Crippen molar-refractivity contribution in [3.63, 3.8) is 0 Å². The Morgan fingerprint density at radius 2 is 1.68 bits per heavy atom. The molecule has 19 heavy (non-hydrogen) atoms. The van der Waals surface area contributed by atoms with Gasteiger partial charge >= 0.3 is 5.97 Å². The molecule has 0 aliphatic carbocycles. The molecule has 0 aromatic carbocycles. The van der Waals surface area contributed by atoms with Gasteiger partial charge in [-0.3, -0.25) is 0 Å². The predicted octanol–water partition coefficient (Wildman–Crippen LogP) is 1.99. The van der Waals surface area contributed by atoms with Gasteiger partial charge in [0.1, 0.15) is 12.5 Å². The monoisotopic (exact) mass is 273 g/mol. The molecule has 2 N–H and O–H groups in total. The number of hydrogen-bond donors (Lipinski definition) is 2. The molecular formula is C14H27NO4. The second-order valence-corrected chi connectivity index (χ2v) is 4.49. The van der Waals surface area contributed by atoms with Gasteiger partial charge in [0, 0.05) is 6.08 Å². The summed E-state index contributed by atoms with van der Waals surface area (Å²) >= 11 is 0. The molecule has 3 unspecified atom stereocenters. The Hall–Kier alpha value is -0.910. The van der Waals surface area contributed by atoms with Crippen molar-refractivity contribution in [2.75, 3.05) is 0 Å². The maximum absolute atomic E-state index is 11.3. The van der Waals surface area contributed by atoms with E-state index in [1.54, 1.807) is 0 Å². The minimum Gasteiger partial charge on any atom is -0.443 e. The van der Waals surface area contributed by atoms with Gasteiger partial charge in [0.15, 0.2) is 6.23 Å². The highest BCUT2D eigenvalue weighted by Crippen LogP contribution is 2.19. The molecule has 0 aromatic rings. The van der Waals surface area contributed by atoms with Crippen LogP contribution in [0.1, 0.15) is 52.9 Å². The second-order valence-electron chi connectivity index (χ2n) is 4.49. The molecule has 0 heterocycles. The number of carbonyl (C=O) groups excluding carboxylic acids is 1. The summed E-state index contributed by atoms with van der Waals surface area (Å²) in [5.41, 5.74) is 0. The number of rotatable bonds is 10. The molecular weight excluding hydrogens is 246 g/mol. The van der Waals surface area contributed by atoms with Crippen LogP contribution in [-0.4, -0.2) is 39.8 Å². The van der Waals surface area contributed by atoms with Crippen molar-refractivity contribution >= 4 is 5.97 Å². The first-order chi connectivity index (χ1) is 9.01. The van der Waals surface area contributed by atoms with Crippen LogP contribution in [0.25, 0.3) is 0 Å². The fraction of sp³-hybridized carbons (Fsp3) is 0.786. The molecule has 0 radical (unpaired) electrons. The summed E-state index contributed by atoms with van der Waals surface area (Å²) in [4.78, 5) is 12.8. The number of ether oxygens (including phenoxy) is 1. The molecule has 0 aliphatic rings. The van der Waals surface area contributed by atoms with Crippen LogP contribution >= 0.6 is 0 Å². The molecule has 0 spiro atoms. The molecule has 5 nitrogen and oxygen atoms in total. The van der Waals surface area contributed by atoms with Gasteiger partial charge in [-0.15, -0.1) is 0 Å². The van der Waals surface area contributed by atoms with Gasteiger partial charge in [-0.05, 0) is 19.3 Å². The van der Waals surface area contributed by atoms with E-state index in [1.165, 1.54) is 4.90 Å². The Labute approximate surface area is 115 Å². The smallest absolute Gasteiger partial charge is 0.331 e. The van der Waals surface area contributed by atoms with Gasteiger partial charge in [0.25, 0.3) is 0 Å². The molecule has 0 aromatic heterocycles. The first-order valence-corrected chi connectivity index (χ1v) is 6.98. The lowest BCUT2D eigenvalue weighted by Crippen LogP contribution is -2.51. The zero-order chi connectivity index (χ0) is 14.8. The summed E-state index contributed by atoms with van der Waals surface area (Å²) in [6.45, 7) is 9.09. The van der Waals surface area contributed by atoms with Crippen LogP contribution < -0.4 is 0 Å². The molecule has 0 rings (SSSR count). The summed E-state index contributed by atoms with van der Waals surface area (Å²) in [7, 11) is 0. The van der Waals surface area contributed by atoms with Gasteiger partial charge in [-0.2, -0.15) is 0 Å². The number of hydrogen-bond acceptors (Lipinski definition) is 5. The van der Waals surface area contributed by atoms with Crippen LogP contribution in [0.4, 0.5) is 0 Å². The van der Waals surface area contributed by atoms with Crippen molar-refractivity contribution in [1.82, 2.24) is 4.90 Å². The van der Waals surface area contributed by atoms with E-state index in [-0.39, 0.29) is 0 Å². The number of nitrogens with zero attached hydrogens (tertiary/aromatic N) is 1. The van der Waals surface area contributed by atoms with Crippen molar-refractivity contribution in [2.24, 2.45) is 0 Å². The molecule has 0 bridgehead atoms. The average molecular weight is 273 g/mol. The van der Waals surface area contributed by atoms with Gasteiger partial charge in [-0.1, -0.05) is 40.2 Å². The van der Waals surface area contributed by atoms with Gasteiger partial charge in [0.2, 0.25) is 0 Å². The first kappa shape index (κ1) is 18.1. The van der Waals surface area contributed by atoms with Crippen molar-refractivity contribution < 1.29 is 19.7 Å². The highest BCUT2D eigenvalue weighted by Gasteiger charge is 2.31. The lowest BCUT2D eigenvalue weighted by Gasteiger charge is -2.37. The number of carbonyl (C=O) groups is 1. The molecule has 0 fully saturated rings. The van der Waals surface area contributed by atoms with E-state index < -0.39 is 24.7 Å². The molecule has 0 aliphatic heterocycles. The molecule has 3 atom stereocenters. The Balaban J connectivity index is 4.93. The van der Waals surface area contributed by atoms with Crippen LogP contribution in [0, 0.1) is 0 Å². The highest BCUT2D eigenvalue weighted by atomic mass is 16.6. The van der Waals surface area contributed by atoms with Crippen LogP contribution in [-0.2, 0) is 9.53 Å². The van der Waals surface area contributed by atoms with Gasteiger partial charge in [0.05, 0.1) is 0 Å². The lowest BCUT2D eigenvalue weighted by molar-refractivity contribution is -0.201. The van der Waals surface area contributed by atoms with Crippen molar-refractivity contribution in [1.29, 1.82) is 0 Å². The third-order valence-corrected chi connectivity index (χ3v) is 2.88. The topological polar surface area (TPSA) is 70.0 Å². The Morgan fingerprint density at radius 1 is 1.21 bits per heavy atom. The van der Waals surface area contributed by atoms with E-state index in [2.05, 4.69) is 6.58 Å². The van der Waals surface area contributed by atoms with E-state index in [0.29, 0.717) is 19.3 Å². The summed E-state index contributed by atoms with van der Waals surface area (Å²) in [5.74, 6) is -0.552. The maximum atomic E-state index is 11.3. The highest BCUT2D eigenvalue weighted by molar-refractivity contribution is 5.81.